The van der Waals surface area contributed by atoms with Gasteiger partial charge in [-0.15, -0.1) is 10.2 Å². The largest absolute Gasteiger partial charge is 0.322 e. The summed E-state index contributed by atoms with van der Waals surface area (Å²) >= 11 is 0. The molecule has 1 aliphatic heterocycles. The van der Waals surface area contributed by atoms with E-state index in [4.69, 9.17) is 0 Å². The van der Waals surface area contributed by atoms with Crippen molar-refractivity contribution in [1.82, 2.24) is 24.6 Å². The van der Waals surface area contributed by atoms with Gasteiger partial charge in [0.05, 0.1) is 6.54 Å². The third-order valence-corrected chi connectivity index (χ3v) is 4.77. The normalized spacial score (nSPS) is 16.8. The van der Waals surface area contributed by atoms with Crippen LogP contribution in [0.5, 0.6) is 0 Å². The Morgan fingerprint density at radius 2 is 2.12 bits per heavy atom. The fourth-order valence-corrected chi connectivity index (χ4v) is 3.08. The highest BCUT2D eigenvalue weighted by molar-refractivity contribution is 5.90. The van der Waals surface area contributed by atoms with Crippen LogP contribution in [0.2, 0.25) is 0 Å². The van der Waals surface area contributed by atoms with Gasteiger partial charge in [0.25, 0.3) is 0 Å². The van der Waals surface area contributed by atoms with Gasteiger partial charge in [0.15, 0.2) is 5.82 Å². The average Bonchev–Trinajstić information content (AvgIpc) is 3.30. The van der Waals surface area contributed by atoms with Gasteiger partial charge in [-0.25, -0.2) is 4.79 Å². The first-order valence-corrected chi connectivity index (χ1v) is 8.50. The SMILES string of the molecule is Cc1cc(NC(=O)N2CCn3c(CC4CC4)nnc3C2)c(C)cn1. The Balaban J connectivity index is 1.45. The summed E-state index contributed by atoms with van der Waals surface area (Å²) in [5.41, 5.74) is 2.66. The van der Waals surface area contributed by atoms with Crippen molar-refractivity contribution in [2.75, 3.05) is 11.9 Å². The molecule has 7 heteroatoms. The molecule has 3 heterocycles. The molecular formula is C17H22N6O. The van der Waals surface area contributed by atoms with Gasteiger partial charge < -0.3 is 14.8 Å². The fourth-order valence-electron chi connectivity index (χ4n) is 3.08. The predicted molar refractivity (Wildman–Crippen MR) is 89.6 cm³/mol. The van der Waals surface area contributed by atoms with Crippen molar-refractivity contribution in [3.8, 4) is 0 Å². The van der Waals surface area contributed by atoms with Crippen molar-refractivity contribution in [3.63, 3.8) is 0 Å². The molecule has 0 atom stereocenters. The van der Waals surface area contributed by atoms with Crippen molar-refractivity contribution >= 4 is 11.7 Å². The lowest BCUT2D eigenvalue weighted by Crippen LogP contribution is -2.41. The topological polar surface area (TPSA) is 75.9 Å². The first-order chi connectivity index (χ1) is 11.6. The van der Waals surface area contributed by atoms with Crippen molar-refractivity contribution in [2.45, 2.75) is 46.2 Å². The Labute approximate surface area is 141 Å². The summed E-state index contributed by atoms with van der Waals surface area (Å²) < 4.78 is 2.18. The standard InChI is InChI=1S/C17H22N6O/c1-11-9-18-12(2)7-14(11)19-17(24)22-5-6-23-15(8-13-3-4-13)20-21-16(23)10-22/h7,9,13H,3-6,8,10H2,1-2H3,(H,18,19,24). The van der Waals surface area contributed by atoms with E-state index in [9.17, 15) is 4.79 Å². The Morgan fingerprint density at radius 3 is 2.92 bits per heavy atom. The Bertz CT molecular complexity index is 779. The lowest BCUT2D eigenvalue weighted by Gasteiger charge is -2.28. The number of pyridine rings is 1. The summed E-state index contributed by atoms with van der Waals surface area (Å²) in [4.78, 5) is 18.6. The van der Waals surface area contributed by atoms with Crippen LogP contribution < -0.4 is 5.32 Å². The maximum absolute atomic E-state index is 12.6. The second-order valence-electron chi connectivity index (χ2n) is 6.82. The van der Waals surface area contributed by atoms with Gasteiger partial charge in [-0.2, -0.15) is 0 Å². The summed E-state index contributed by atoms with van der Waals surface area (Å²) in [7, 11) is 0. The van der Waals surface area contributed by atoms with Gasteiger partial charge in [-0.1, -0.05) is 0 Å². The molecule has 0 saturated heterocycles. The second kappa shape index (κ2) is 5.89. The summed E-state index contributed by atoms with van der Waals surface area (Å²) in [6, 6.07) is 1.80. The van der Waals surface area contributed by atoms with E-state index in [1.807, 2.05) is 19.9 Å². The summed E-state index contributed by atoms with van der Waals surface area (Å²) in [5, 5.41) is 11.6. The third-order valence-electron chi connectivity index (χ3n) is 4.77. The van der Waals surface area contributed by atoms with Crippen LogP contribution >= 0.6 is 0 Å². The minimum Gasteiger partial charge on any atom is -0.315 e. The number of fused-ring (bicyclic) bond motifs is 1. The van der Waals surface area contributed by atoms with Crippen LogP contribution in [0.1, 0.15) is 35.7 Å². The van der Waals surface area contributed by atoms with Crippen LogP contribution in [0.25, 0.3) is 0 Å². The van der Waals surface area contributed by atoms with Gasteiger partial charge in [0.1, 0.15) is 5.82 Å². The first kappa shape index (κ1) is 15.1. The molecule has 0 aromatic carbocycles. The molecule has 0 spiro atoms. The number of amides is 2. The number of nitrogens with one attached hydrogen (secondary N) is 1. The summed E-state index contributed by atoms with van der Waals surface area (Å²) in [5.74, 6) is 2.75. The molecular weight excluding hydrogens is 304 g/mol. The van der Waals surface area contributed by atoms with Crippen LogP contribution in [-0.4, -0.2) is 37.2 Å². The predicted octanol–water partition coefficient (Wildman–Crippen LogP) is 2.29. The molecule has 2 amide bonds. The third kappa shape index (κ3) is 2.98. The number of carbonyl (C=O) groups is 1. The molecule has 0 unspecified atom stereocenters. The molecule has 0 bridgehead atoms. The quantitative estimate of drug-likeness (QED) is 0.939. The molecule has 7 nitrogen and oxygen atoms in total. The van der Waals surface area contributed by atoms with Crippen LogP contribution in [0.4, 0.5) is 10.5 Å². The van der Waals surface area contributed by atoms with E-state index in [1.165, 1.54) is 12.8 Å². The van der Waals surface area contributed by atoms with E-state index >= 15 is 0 Å². The maximum Gasteiger partial charge on any atom is 0.322 e. The average molecular weight is 326 g/mol. The molecule has 126 valence electrons. The molecule has 2 aliphatic rings. The molecule has 2 aromatic rings. The van der Waals surface area contributed by atoms with E-state index in [0.717, 1.165) is 47.5 Å². The van der Waals surface area contributed by atoms with Crippen LogP contribution in [0.3, 0.4) is 0 Å². The molecule has 4 rings (SSSR count). The number of carbonyl (C=O) groups excluding carboxylic acids is 1. The van der Waals surface area contributed by atoms with Crippen molar-refractivity contribution in [2.24, 2.45) is 5.92 Å². The zero-order valence-corrected chi connectivity index (χ0v) is 14.1. The number of hydrogen-bond donors (Lipinski definition) is 1. The molecule has 24 heavy (non-hydrogen) atoms. The van der Waals surface area contributed by atoms with Crippen LogP contribution in [0, 0.1) is 19.8 Å². The molecule has 1 aliphatic carbocycles. The lowest BCUT2D eigenvalue weighted by atomic mass is 10.2. The Kier molecular flexibility index (Phi) is 3.70. The van der Waals surface area contributed by atoms with Crippen LogP contribution in [0.15, 0.2) is 12.3 Å². The van der Waals surface area contributed by atoms with E-state index in [1.54, 1.807) is 11.1 Å². The fraction of sp³-hybridized carbons (Fsp3) is 0.529. The van der Waals surface area contributed by atoms with E-state index < -0.39 is 0 Å². The smallest absolute Gasteiger partial charge is 0.315 e. The number of nitrogens with zero attached hydrogens (tertiary/aromatic N) is 5. The molecule has 0 radical (unpaired) electrons. The molecule has 1 fully saturated rings. The van der Waals surface area contributed by atoms with Gasteiger partial charge in [0, 0.05) is 37.1 Å². The van der Waals surface area contributed by atoms with Crippen molar-refractivity contribution in [3.05, 3.63) is 35.2 Å². The molecule has 1 saturated carbocycles. The Hall–Kier alpha value is -2.44. The number of aryl methyl sites for hydroxylation is 2. The van der Waals surface area contributed by atoms with Crippen molar-refractivity contribution < 1.29 is 4.79 Å². The van der Waals surface area contributed by atoms with Crippen molar-refractivity contribution in [1.29, 1.82) is 0 Å². The zero-order valence-electron chi connectivity index (χ0n) is 14.1. The zero-order chi connectivity index (χ0) is 16.7. The number of aromatic nitrogens is 4. The minimum atomic E-state index is -0.0957. The summed E-state index contributed by atoms with van der Waals surface area (Å²) in [6.07, 6.45) is 5.42. The van der Waals surface area contributed by atoms with E-state index in [0.29, 0.717) is 13.1 Å². The minimum absolute atomic E-state index is 0.0957. The number of hydrogen-bond acceptors (Lipinski definition) is 4. The highest BCUT2D eigenvalue weighted by Gasteiger charge is 2.28. The number of urea groups is 1. The highest BCUT2D eigenvalue weighted by Crippen LogP contribution is 2.32. The van der Waals surface area contributed by atoms with E-state index in [-0.39, 0.29) is 6.03 Å². The van der Waals surface area contributed by atoms with Crippen LogP contribution in [-0.2, 0) is 19.5 Å². The van der Waals surface area contributed by atoms with Gasteiger partial charge in [-0.05, 0) is 44.2 Å². The summed E-state index contributed by atoms with van der Waals surface area (Å²) in [6.45, 7) is 5.81. The molecule has 1 N–H and O–H groups in total. The van der Waals surface area contributed by atoms with Gasteiger partial charge >= 0.3 is 6.03 Å². The first-order valence-electron chi connectivity index (χ1n) is 8.50. The van der Waals surface area contributed by atoms with E-state index in [2.05, 4.69) is 25.1 Å². The lowest BCUT2D eigenvalue weighted by molar-refractivity contribution is 0.195. The number of anilines is 1. The highest BCUT2D eigenvalue weighted by atomic mass is 16.2. The number of rotatable bonds is 3. The van der Waals surface area contributed by atoms with Gasteiger partial charge in [-0.3, -0.25) is 4.98 Å². The maximum atomic E-state index is 12.6. The van der Waals surface area contributed by atoms with Gasteiger partial charge in [0.2, 0.25) is 0 Å². The Morgan fingerprint density at radius 1 is 1.29 bits per heavy atom. The second-order valence-corrected chi connectivity index (χ2v) is 6.82. The monoisotopic (exact) mass is 326 g/mol. The molecule has 2 aromatic heterocycles.